The molecule has 2 aromatic carbocycles. The lowest BCUT2D eigenvalue weighted by atomic mass is 10.1. The van der Waals surface area contributed by atoms with E-state index in [0.29, 0.717) is 18.7 Å². The van der Waals surface area contributed by atoms with Crippen LogP contribution in [-0.4, -0.2) is 49.4 Å². The second-order valence-electron chi connectivity index (χ2n) is 5.79. The molecular weight excluding hydrogens is 372 g/mol. The highest BCUT2D eigenvalue weighted by atomic mass is 16.5. The van der Waals surface area contributed by atoms with Crippen LogP contribution in [0.2, 0.25) is 0 Å². The lowest BCUT2D eigenvalue weighted by Crippen LogP contribution is -2.29. The highest BCUT2D eigenvalue weighted by Crippen LogP contribution is 2.13. The molecule has 1 amide bonds. The van der Waals surface area contributed by atoms with E-state index in [1.165, 1.54) is 0 Å². The number of ether oxygens (including phenoxy) is 1. The van der Waals surface area contributed by atoms with Crippen molar-refractivity contribution in [3.05, 3.63) is 60.2 Å². The Kier molecular flexibility index (Phi) is 15.3. The number of aryl methyl sites for hydroxylation is 1. The summed E-state index contributed by atoms with van der Waals surface area (Å²) < 4.78 is 5.32. The Morgan fingerprint density at radius 1 is 1.00 bits per heavy atom. The fourth-order valence-electron chi connectivity index (χ4n) is 2.07. The number of carboxylic acid groups (broad SMARTS) is 1. The number of carbonyl (C=O) groups excluding carboxylic acids is 1. The standard InChI is InChI=1S/C14H19NO4.C7H9N.CH4O/c1-2-9-15-13(16)10-19-12-6-3-11(4-7-12)5-8-14(17)18;1-8-7-5-3-2-4-6-7;1-2/h3-4,6-7H,2,5,8-10H2,1H3,(H,15,16)(H,17,18);2-6,8H,1H3;2H,1H3. The summed E-state index contributed by atoms with van der Waals surface area (Å²) in [6.45, 7) is 2.63. The molecule has 0 fully saturated rings. The number of para-hydroxylation sites is 1. The third kappa shape index (κ3) is 13.7. The van der Waals surface area contributed by atoms with Crippen molar-refractivity contribution in [2.75, 3.05) is 32.6 Å². The van der Waals surface area contributed by atoms with Gasteiger partial charge in [-0.05, 0) is 42.7 Å². The second kappa shape index (κ2) is 17.1. The summed E-state index contributed by atoms with van der Waals surface area (Å²) in [5.41, 5.74) is 2.10. The average Bonchev–Trinajstić information content (AvgIpc) is 2.77. The number of amides is 1. The van der Waals surface area contributed by atoms with E-state index in [0.717, 1.165) is 24.8 Å². The van der Waals surface area contributed by atoms with Gasteiger partial charge in [-0.25, -0.2) is 0 Å². The third-order valence-corrected chi connectivity index (χ3v) is 3.56. The van der Waals surface area contributed by atoms with Gasteiger partial charge in [-0.3, -0.25) is 9.59 Å². The first-order valence-corrected chi connectivity index (χ1v) is 9.43. The SMILES string of the molecule is CCCNC(=O)COc1ccc(CCC(=O)O)cc1.CNc1ccccc1.CO. The molecule has 4 N–H and O–H groups in total. The maximum absolute atomic E-state index is 11.3. The molecular formula is C22H32N2O5. The number of aliphatic hydroxyl groups excluding tert-OH is 1. The highest BCUT2D eigenvalue weighted by molar-refractivity contribution is 5.77. The van der Waals surface area contributed by atoms with E-state index in [-0.39, 0.29) is 18.9 Å². The fourth-order valence-corrected chi connectivity index (χ4v) is 2.07. The molecule has 0 aliphatic heterocycles. The lowest BCUT2D eigenvalue weighted by molar-refractivity contribution is -0.137. The van der Waals surface area contributed by atoms with Crippen LogP contribution in [0.3, 0.4) is 0 Å². The maximum Gasteiger partial charge on any atom is 0.303 e. The molecule has 0 aliphatic rings. The molecule has 7 heteroatoms. The summed E-state index contributed by atoms with van der Waals surface area (Å²) in [4.78, 5) is 21.8. The Morgan fingerprint density at radius 2 is 1.62 bits per heavy atom. The highest BCUT2D eigenvalue weighted by Gasteiger charge is 2.03. The number of rotatable bonds is 9. The summed E-state index contributed by atoms with van der Waals surface area (Å²) in [6.07, 6.45) is 1.50. The number of hydrogen-bond donors (Lipinski definition) is 4. The molecule has 29 heavy (non-hydrogen) atoms. The van der Waals surface area contributed by atoms with E-state index in [4.69, 9.17) is 14.9 Å². The van der Waals surface area contributed by atoms with Crippen LogP contribution in [-0.2, 0) is 16.0 Å². The number of nitrogens with one attached hydrogen (secondary N) is 2. The maximum atomic E-state index is 11.3. The van der Waals surface area contributed by atoms with Crippen molar-refractivity contribution < 1.29 is 24.5 Å². The summed E-state index contributed by atoms with van der Waals surface area (Å²) in [6, 6.07) is 17.2. The van der Waals surface area contributed by atoms with Gasteiger partial charge in [-0.15, -0.1) is 0 Å². The van der Waals surface area contributed by atoms with E-state index >= 15 is 0 Å². The molecule has 0 bridgehead atoms. The molecule has 7 nitrogen and oxygen atoms in total. The minimum atomic E-state index is -0.812. The first-order valence-electron chi connectivity index (χ1n) is 9.43. The molecule has 0 aromatic heterocycles. The zero-order valence-corrected chi connectivity index (χ0v) is 17.4. The molecule has 0 unspecified atom stereocenters. The Labute approximate surface area is 172 Å². The van der Waals surface area contributed by atoms with Gasteiger partial charge in [0.25, 0.3) is 5.91 Å². The fraction of sp³-hybridized carbons (Fsp3) is 0.364. The van der Waals surface area contributed by atoms with E-state index in [1.54, 1.807) is 12.1 Å². The topological polar surface area (TPSA) is 108 Å². The van der Waals surface area contributed by atoms with E-state index < -0.39 is 5.97 Å². The minimum Gasteiger partial charge on any atom is -0.484 e. The number of aliphatic hydroxyl groups is 1. The number of carbonyl (C=O) groups is 2. The van der Waals surface area contributed by atoms with E-state index in [2.05, 4.69) is 10.6 Å². The number of hydrogen-bond acceptors (Lipinski definition) is 5. The van der Waals surface area contributed by atoms with Gasteiger partial charge in [-0.1, -0.05) is 37.3 Å². The number of anilines is 1. The van der Waals surface area contributed by atoms with Gasteiger partial charge in [0, 0.05) is 32.8 Å². The van der Waals surface area contributed by atoms with Crippen LogP contribution in [0.4, 0.5) is 5.69 Å². The van der Waals surface area contributed by atoms with Crippen molar-refractivity contribution in [2.45, 2.75) is 26.2 Å². The zero-order valence-electron chi connectivity index (χ0n) is 17.4. The van der Waals surface area contributed by atoms with Crippen molar-refractivity contribution in [3.8, 4) is 5.75 Å². The summed E-state index contributed by atoms with van der Waals surface area (Å²) in [5, 5.41) is 21.3. The van der Waals surface area contributed by atoms with E-state index in [1.807, 2.05) is 56.4 Å². The molecule has 0 saturated heterocycles. The van der Waals surface area contributed by atoms with Crippen LogP contribution in [0, 0.1) is 0 Å². The predicted molar refractivity (Wildman–Crippen MR) is 115 cm³/mol. The first-order chi connectivity index (χ1) is 14.0. The van der Waals surface area contributed by atoms with Gasteiger partial charge in [0.15, 0.2) is 6.61 Å². The molecule has 0 heterocycles. The first kappa shape index (κ1) is 25.9. The van der Waals surface area contributed by atoms with Crippen LogP contribution < -0.4 is 15.4 Å². The Balaban J connectivity index is 0.000000649. The Morgan fingerprint density at radius 3 is 2.10 bits per heavy atom. The number of carboxylic acids is 1. The van der Waals surface area contributed by atoms with Crippen LogP contribution in [0.5, 0.6) is 5.75 Å². The van der Waals surface area contributed by atoms with Gasteiger partial charge in [0.2, 0.25) is 0 Å². The van der Waals surface area contributed by atoms with Crippen molar-refractivity contribution in [3.63, 3.8) is 0 Å². The molecule has 0 radical (unpaired) electrons. The lowest BCUT2D eigenvalue weighted by Gasteiger charge is -2.07. The van der Waals surface area contributed by atoms with Crippen LogP contribution in [0.1, 0.15) is 25.3 Å². The second-order valence-corrected chi connectivity index (χ2v) is 5.79. The normalized spacial score (nSPS) is 9.10. The Hall–Kier alpha value is -3.06. The van der Waals surface area contributed by atoms with Crippen LogP contribution in [0.15, 0.2) is 54.6 Å². The Bertz CT molecular complexity index is 675. The van der Waals surface area contributed by atoms with Gasteiger partial charge < -0.3 is 25.6 Å². The summed E-state index contributed by atoms with van der Waals surface area (Å²) in [5.74, 6) is -0.351. The zero-order chi connectivity index (χ0) is 21.9. The summed E-state index contributed by atoms with van der Waals surface area (Å²) in [7, 11) is 2.91. The van der Waals surface area contributed by atoms with Crippen LogP contribution in [0.25, 0.3) is 0 Å². The third-order valence-electron chi connectivity index (χ3n) is 3.56. The summed E-state index contributed by atoms with van der Waals surface area (Å²) >= 11 is 0. The monoisotopic (exact) mass is 404 g/mol. The average molecular weight is 405 g/mol. The van der Waals surface area contributed by atoms with Gasteiger partial charge >= 0.3 is 5.97 Å². The molecule has 0 aliphatic carbocycles. The molecule has 160 valence electrons. The van der Waals surface area contributed by atoms with Crippen molar-refractivity contribution in [1.29, 1.82) is 0 Å². The van der Waals surface area contributed by atoms with E-state index in [9.17, 15) is 9.59 Å². The van der Waals surface area contributed by atoms with Crippen LogP contribution >= 0.6 is 0 Å². The molecule has 2 rings (SSSR count). The minimum absolute atomic E-state index is 0.00548. The van der Waals surface area contributed by atoms with Crippen molar-refractivity contribution in [1.82, 2.24) is 5.32 Å². The van der Waals surface area contributed by atoms with Gasteiger partial charge in [0.05, 0.1) is 0 Å². The van der Waals surface area contributed by atoms with Gasteiger partial charge in [0.1, 0.15) is 5.75 Å². The largest absolute Gasteiger partial charge is 0.484 e. The molecule has 0 atom stereocenters. The molecule has 2 aromatic rings. The molecule has 0 saturated carbocycles. The smallest absolute Gasteiger partial charge is 0.303 e. The molecule has 0 spiro atoms. The van der Waals surface area contributed by atoms with Crippen molar-refractivity contribution in [2.24, 2.45) is 0 Å². The number of benzene rings is 2. The number of aliphatic carboxylic acids is 1. The predicted octanol–water partition coefficient (Wildman–Crippen LogP) is 2.95. The quantitative estimate of drug-likeness (QED) is 0.512. The van der Waals surface area contributed by atoms with Gasteiger partial charge in [-0.2, -0.15) is 0 Å². The van der Waals surface area contributed by atoms with Crippen molar-refractivity contribution >= 4 is 17.6 Å².